The Bertz CT molecular complexity index is 1530. The summed E-state index contributed by atoms with van der Waals surface area (Å²) in [7, 11) is 0. The molecule has 6 rings (SSSR count). The number of hydrogen-bond acceptors (Lipinski definition) is 4. The van der Waals surface area contributed by atoms with Crippen LogP contribution in [0.1, 0.15) is 26.3 Å². The molecule has 1 N–H and O–H groups in total. The molecule has 4 aromatic carbocycles. The van der Waals surface area contributed by atoms with Crippen molar-refractivity contribution in [3.8, 4) is 39.6 Å². The van der Waals surface area contributed by atoms with Gasteiger partial charge in [0.25, 0.3) is 0 Å². The Hall–Kier alpha value is -4.84. The summed E-state index contributed by atoms with van der Waals surface area (Å²) < 4.78 is 2.14. The Balaban J connectivity index is 0.000000529. The molecule has 0 bridgehead atoms. The molecule has 0 unspecified atom stereocenters. The van der Waals surface area contributed by atoms with Gasteiger partial charge in [-0.05, 0) is 34.2 Å². The van der Waals surface area contributed by atoms with Crippen LogP contribution >= 0.6 is 0 Å². The molecule has 38 heavy (non-hydrogen) atoms. The maximum absolute atomic E-state index is 4.63. The van der Waals surface area contributed by atoms with Crippen LogP contribution in [0, 0.1) is 0 Å². The van der Waals surface area contributed by atoms with Crippen molar-refractivity contribution in [3.05, 3.63) is 127 Å². The van der Waals surface area contributed by atoms with E-state index in [0.717, 1.165) is 28.5 Å². The largest absolute Gasteiger partial charge is 0.275 e. The zero-order chi connectivity index (χ0) is 26.4. The van der Waals surface area contributed by atoms with E-state index in [-0.39, 0.29) is 5.41 Å². The first-order valence-electron chi connectivity index (χ1n) is 12.6. The Morgan fingerprint density at radius 1 is 0.526 bits per heavy atom. The van der Waals surface area contributed by atoms with Gasteiger partial charge in [0.2, 0.25) is 0 Å². The van der Waals surface area contributed by atoms with E-state index in [4.69, 9.17) is 0 Å². The fraction of sp³-hybridized carbons (Fsp3) is 0.125. The molecule has 0 saturated heterocycles. The lowest BCUT2D eigenvalue weighted by atomic mass is 9.86. The number of para-hydroxylation sites is 1. The maximum Gasteiger partial charge on any atom is 0.168 e. The quantitative estimate of drug-likeness (QED) is 0.275. The average Bonchev–Trinajstić information content (AvgIpc) is 3.68. The minimum atomic E-state index is 0.108. The number of benzene rings is 4. The summed E-state index contributed by atoms with van der Waals surface area (Å²) >= 11 is 0. The van der Waals surface area contributed by atoms with Crippen molar-refractivity contribution in [1.29, 1.82) is 0 Å². The summed E-state index contributed by atoms with van der Waals surface area (Å²) in [5.41, 5.74) is 6.91. The summed E-state index contributed by atoms with van der Waals surface area (Å²) in [5.74, 6) is 1.67. The fourth-order valence-corrected chi connectivity index (χ4v) is 4.21. The fourth-order valence-electron chi connectivity index (χ4n) is 4.21. The van der Waals surface area contributed by atoms with Crippen molar-refractivity contribution < 1.29 is 0 Å². The minimum Gasteiger partial charge on any atom is -0.275 e. The molecule has 0 radical (unpaired) electrons. The molecule has 2 aromatic heterocycles. The van der Waals surface area contributed by atoms with Gasteiger partial charge in [0.15, 0.2) is 11.6 Å². The number of nitrogens with zero attached hydrogens (tertiary/aromatic N) is 5. The number of aromatic nitrogens is 6. The molecule has 0 amide bonds. The molecule has 0 aliphatic heterocycles. The van der Waals surface area contributed by atoms with Gasteiger partial charge in [0.1, 0.15) is 0 Å². The van der Waals surface area contributed by atoms with Gasteiger partial charge in [-0.15, -0.1) is 10.2 Å². The van der Waals surface area contributed by atoms with Gasteiger partial charge in [0.05, 0.1) is 12.4 Å². The summed E-state index contributed by atoms with van der Waals surface area (Å²) in [6.07, 6.45) is 3.17. The molecule has 6 heteroatoms. The lowest BCUT2D eigenvalue weighted by Gasteiger charge is -2.19. The van der Waals surface area contributed by atoms with E-state index in [0.29, 0.717) is 0 Å². The molecule has 0 spiro atoms. The van der Waals surface area contributed by atoms with E-state index >= 15 is 0 Å². The minimum absolute atomic E-state index is 0.108. The topological polar surface area (TPSA) is 72.3 Å². The molecule has 0 aliphatic carbocycles. The highest BCUT2D eigenvalue weighted by atomic mass is 15.3. The number of rotatable bonds is 4. The smallest absolute Gasteiger partial charge is 0.168 e. The second kappa shape index (κ2) is 11.0. The Labute approximate surface area is 223 Å². The molecule has 0 aliphatic rings. The van der Waals surface area contributed by atoms with Gasteiger partial charge in [-0.3, -0.25) is 4.57 Å². The van der Waals surface area contributed by atoms with E-state index in [2.05, 4.69) is 136 Å². The van der Waals surface area contributed by atoms with Gasteiger partial charge in [0, 0.05) is 16.8 Å². The van der Waals surface area contributed by atoms with Crippen LogP contribution in [0.3, 0.4) is 0 Å². The molecular weight excluding hydrogens is 468 g/mol. The summed E-state index contributed by atoms with van der Waals surface area (Å²) in [6.45, 7) is 6.68. The van der Waals surface area contributed by atoms with Crippen molar-refractivity contribution in [2.45, 2.75) is 26.2 Å². The van der Waals surface area contributed by atoms with Gasteiger partial charge in [-0.1, -0.05) is 118 Å². The van der Waals surface area contributed by atoms with Crippen LogP contribution in [0.15, 0.2) is 122 Å². The number of aromatic amines is 1. The third kappa shape index (κ3) is 5.60. The standard InChI is InChI=1S/C30H27N3.C2H3N3/c1-30(2,3)26-20-18-25(19-21-26)29-32-31-28(33(29)27-12-8-5-9-13-27)24-16-14-23(15-17-24)22-10-6-4-7-11-22;1-2-4-5-3-1/h4-21H,1-3H3;1-2H,(H,3,4,5). The molecule has 6 nitrogen and oxygen atoms in total. The second-order valence-corrected chi connectivity index (χ2v) is 9.95. The Kier molecular flexibility index (Phi) is 7.22. The van der Waals surface area contributed by atoms with Crippen LogP contribution in [0.5, 0.6) is 0 Å². The Morgan fingerprint density at radius 2 is 0.974 bits per heavy atom. The third-order valence-electron chi connectivity index (χ3n) is 6.27. The van der Waals surface area contributed by atoms with Crippen LogP contribution in [-0.2, 0) is 5.41 Å². The van der Waals surface area contributed by atoms with E-state index < -0.39 is 0 Å². The Morgan fingerprint density at radius 3 is 1.45 bits per heavy atom. The second-order valence-electron chi connectivity index (χ2n) is 9.95. The molecule has 0 fully saturated rings. The van der Waals surface area contributed by atoms with Crippen LogP contribution < -0.4 is 0 Å². The highest BCUT2D eigenvalue weighted by Crippen LogP contribution is 2.31. The van der Waals surface area contributed by atoms with Crippen LogP contribution in [0.2, 0.25) is 0 Å². The van der Waals surface area contributed by atoms with Crippen molar-refractivity contribution >= 4 is 0 Å². The highest BCUT2D eigenvalue weighted by molar-refractivity contribution is 5.71. The van der Waals surface area contributed by atoms with Gasteiger partial charge >= 0.3 is 0 Å². The van der Waals surface area contributed by atoms with Crippen molar-refractivity contribution in [1.82, 2.24) is 30.2 Å². The van der Waals surface area contributed by atoms with Gasteiger partial charge < -0.3 is 0 Å². The first-order chi connectivity index (χ1) is 18.5. The number of H-pyrrole nitrogens is 1. The average molecular weight is 499 g/mol. The first-order valence-corrected chi connectivity index (χ1v) is 12.6. The van der Waals surface area contributed by atoms with Crippen molar-refractivity contribution in [2.24, 2.45) is 0 Å². The zero-order valence-corrected chi connectivity index (χ0v) is 21.8. The van der Waals surface area contributed by atoms with Crippen LogP contribution in [0.4, 0.5) is 0 Å². The molecular formula is C32H30N6. The number of hydrogen-bond donors (Lipinski definition) is 1. The lowest BCUT2D eigenvalue weighted by molar-refractivity contribution is 0.590. The lowest BCUT2D eigenvalue weighted by Crippen LogP contribution is -2.10. The summed E-state index contributed by atoms with van der Waals surface area (Å²) in [5, 5.41) is 18.6. The van der Waals surface area contributed by atoms with E-state index in [1.165, 1.54) is 16.7 Å². The van der Waals surface area contributed by atoms with E-state index in [9.17, 15) is 0 Å². The first kappa shape index (κ1) is 24.8. The summed E-state index contributed by atoms with van der Waals surface area (Å²) in [6, 6.07) is 37.9. The molecule has 188 valence electrons. The monoisotopic (exact) mass is 498 g/mol. The maximum atomic E-state index is 4.63. The normalized spacial score (nSPS) is 11.0. The highest BCUT2D eigenvalue weighted by Gasteiger charge is 2.19. The van der Waals surface area contributed by atoms with Crippen LogP contribution in [-0.4, -0.2) is 30.2 Å². The molecule has 0 atom stereocenters. The zero-order valence-electron chi connectivity index (χ0n) is 21.8. The SMILES string of the molecule is CC(C)(C)c1ccc(-c2nnc(-c3ccc(-c4ccccc4)cc3)n2-c2ccccc2)cc1.c1cn[nH]n1. The van der Waals surface area contributed by atoms with Crippen molar-refractivity contribution in [2.75, 3.05) is 0 Å². The summed E-state index contributed by atoms with van der Waals surface area (Å²) in [4.78, 5) is 0. The predicted octanol–water partition coefficient (Wildman–Crippen LogP) is 7.37. The van der Waals surface area contributed by atoms with E-state index in [1.54, 1.807) is 12.4 Å². The van der Waals surface area contributed by atoms with Gasteiger partial charge in [-0.25, -0.2) is 0 Å². The van der Waals surface area contributed by atoms with Crippen LogP contribution in [0.25, 0.3) is 39.6 Å². The molecule has 2 heterocycles. The molecule has 6 aromatic rings. The van der Waals surface area contributed by atoms with Crippen molar-refractivity contribution in [3.63, 3.8) is 0 Å². The third-order valence-corrected chi connectivity index (χ3v) is 6.27. The number of nitrogens with one attached hydrogen (secondary N) is 1. The molecule has 0 saturated carbocycles. The van der Waals surface area contributed by atoms with E-state index in [1.807, 2.05) is 24.3 Å². The predicted molar refractivity (Wildman–Crippen MR) is 153 cm³/mol. The van der Waals surface area contributed by atoms with Gasteiger partial charge in [-0.2, -0.15) is 15.4 Å².